The van der Waals surface area contributed by atoms with Crippen LogP contribution in [0, 0.1) is 6.92 Å². The molecule has 0 atom stereocenters. The number of carbonyl (C=O) groups excluding carboxylic acids is 1. The van der Waals surface area contributed by atoms with Crippen molar-refractivity contribution in [1.82, 2.24) is 15.3 Å². The van der Waals surface area contributed by atoms with Crippen LogP contribution in [0.4, 0.5) is 0 Å². The number of benzene rings is 1. The zero-order chi connectivity index (χ0) is 16.2. The average Bonchev–Trinajstić information content (AvgIpc) is 3.17. The normalized spacial score (nSPS) is 10.7. The van der Waals surface area contributed by atoms with Crippen molar-refractivity contribution in [3.8, 4) is 10.4 Å². The van der Waals surface area contributed by atoms with Gasteiger partial charge in [0.2, 0.25) is 0 Å². The molecule has 1 amide bonds. The number of aromatic nitrogens is 2. The fourth-order valence-corrected chi connectivity index (χ4v) is 4.01. The lowest BCUT2D eigenvalue weighted by Gasteiger charge is -2.05. The van der Waals surface area contributed by atoms with Crippen LogP contribution in [0.2, 0.25) is 5.02 Å². The van der Waals surface area contributed by atoms with Crippen molar-refractivity contribution in [2.75, 3.05) is 6.54 Å². The van der Waals surface area contributed by atoms with E-state index < -0.39 is 0 Å². The number of nitrogens with zero attached hydrogens (tertiary/aromatic N) is 2. The van der Waals surface area contributed by atoms with Crippen molar-refractivity contribution in [1.29, 1.82) is 0 Å². The van der Waals surface area contributed by atoms with E-state index in [0.717, 1.165) is 20.5 Å². The second kappa shape index (κ2) is 7.21. The molecule has 3 aromatic rings. The molecule has 1 aromatic carbocycles. The molecule has 2 heterocycles. The van der Waals surface area contributed by atoms with E-state index in [1.807, 2.05) is 36.6 Å². The standard InChI is InChI=1S/C16H14ClN3OS2/c1-10-20-14(15(23-10)11-4-2-3-5-12(11)17)16(21)19-7-6-13-18-8-9-22-13/h2-5,8-9H,6-7H2,1H3,(H,19,21). The molecule has 0 aliphatic rings. The monoisotopic (exact) mass is 363 g/mol. The van der Waals surface area contributed by atoms with Crippen LogP contribution in [-0.4, -0.2) is 22.4 Å². The summed E-state index contributed by atoms with van der Waals surface area (Å²) in [4.78, 5) is 21.9. The van der Waals surface area contributed by atoms with E-state index in [2.05, 4.69) is 15.3 Å². The Morgan fingerprint density at radius 3 is 2.91 bits per heavy atom. The lowest BCUT2D eigenvalue weighted by Crippen LogP contribution is -2.26. The van der Waals surface area contributed by atoms with Crippen molar-refractivity contribution in [3.05, 3.63) is 56.6 Å². The number of rotatable bonds is 5. The van der Waals surface area contributed by atoms with Crippen molar-refractivity contribution in [3.63, 3.8) is 0 Å². The molecule has 0 fully saturated rings. The Morgan fingerprint density at radius 1 is 1.35 bits per heavy atom. The molecule has 0 saturated heterocycles. The Morgan fingerprint density at radius 2 is 2.17 bits per heavy atom. The maximum atomic E-state index is 12.5. The quantitative estimate of drug-likeness (QED) is 0.739. The summed E-state index contributed by atoms with van der Waals surface area (Å²) in [5.41, 5.74) is 1.27. The minimum atomic E-state index is -0.180. The zero-order valence-corrected chi connectivity index (χ0v) is 14.8. The molecule has 118 valence electrons. The summed E-state index contributed by atoms with van der Waals surface area (Å²) in [6.07, 6.45) is 2.48. The van der Waals surface area contributed by atoms with Crippen molar-refractivity contribution < 1.29 is 4.79 Å². The summed E-state index contributed by atoms with van der Waals surface area (Å²) in [6, 6.07) is 7.49. The van der Waals surface area contributed by atoms with Gasteiger partial charge in [-0.1, -0.05) is 29.8 Å². The van der Waals surface area contributed by atoms with Gasteiger partial charge in [-0.2, -0.15) is 0 Å². The summed E-state index contributed by atoms with van der Waals surface area (Å²) in [7, 11) is 0. The molecule has 0 radical (unpaired) electrons. The lowest BCUT2D eigenvalue weighted by atomic mass is 10.1. The van der Waals surface area contributed by atoms with Crippen LogP contribution in [0.1, 0.15) is 20.5 Å². The van der Waals surface area contributed by atoms with Gasteiger partial charge in [-0.3, -0.25) is 4.79 Å². The lowest BCUT2D eigenvalue weighted by molar-refractivity contribution is 0.0950. The van der Waals surface area contributed by atoms with Crippen LogP contribution in [0.25, 0.3) is 10.4 Å². The zero-order valence-electron chi connectivity index (χ0n) is 12.4. The van der Waals surface area contributed by atoms with E-state index in [1.165, 1.54) is 11.3 Å². The van der Waals surface area contributed by atoms with Crippen molar-refractivity contribution in [2.24, 2.45) is 0 Å². The fourth-order valence-electron chi connectivity index (χ4n) is 2.15. The number of thiazole rings is 2. The van der Waals surface area contributed by atoms with E-state index in [4.69, 9.17) is 11.6 Å². The Balaban J connectivity index is 1.77. The van der Waals surface area contributed by atoms with Crippen LogP contribution in [-0.2, 0) is 6.42 Å². The van der Waals surface area contributed by atoms with Gasteiger partial charge in [0.15, 0.2) is 0 Å². The molecule has 1 N–H and O–H groups in total. The van der Waals surface area contributed by atoms with Crippen molar-refractivity contribution >= 4 is 40.2 Å². The summed E-state index contributed by atoms with van der Waals surface area (Å²) >= 11 is 9.31. The fraction of sp³-hybridized carbons (Fsp3) is 0.188. The first-order valence-electron chi connectivity index (χ1n) is 7.04. The van der Waals surface area contributed by atoms with Gasteiger partial charge in [0, 0.05) is 35.1 Å². The van der Waals surface area contributed by atoms with Crippen LogP contribution in [0.3, 0.4) is 0 Å². The maximum absolute atomic E-state index is 12.5. The molecule has 2 aromatic heterocycles. The summed E-state index contributed by atoms with van der Waals surface area (Å²) < 4.78 is 0. The minimum Gasteiger partial charge on any atom is -0.350 e. The number of nitrogens with one attached hydrogen (secondary N) is 1. The molecular formula is C16H14ClN3OS2. The number of aryl methyl sites for hydroxylation is 1. The Kier molecular flexibility index (Phi) is 5.05. The van der Waals surface area contributed by atoms with Gasteiger partial charge < -0.3 is 5.32 Å². The largest absolute Gasteiger partial charge is 0.350 e. The van der Waals surface area contributed by atoms with E-state index >= 15 is 0 Å². The smallest absolute Gasteiger partial charge is 0.271 e. The highest BCUT2D eigenvalue weighted by Gasteiger charge is 2.19. The number of carbonyl (C=O) groups is 1. The third-order valence-corrected chi connectivity index (χ3v) is 5.35. The van der Waals surface area contributed by atoms with Gasteiger partial charge >= 0.3 is 0 Å². The van der Waals surface area contributed by atoms with Crippen LogP contribution in [0.15, 0.2) is 35.8 Å². The summed E-state index contributed by atoms with van der Waals surface area (Å²) in [5.74, 6) is -0.180. The van der Waals surface area contributed by atoms with Gasteiger partial charge in [0.25, 0.3) is 5.91 Å². The molecule has 3 rings (SSSR count). The number of hydrogen-bond acceptors (Lipinski definition) is 5. The highest BCUT2D eigenvalue weighted by atomic mass is 35.5. The molecule has 0 aliphatic heterocycles. The van der Waals surface area contributed by atoms with Gasteiger partial charge in [-0.25, -0.2) is 9.97 Å². The van der Waals surface area contributed by atoms with Crippen molar-refractivity contribution in [2.45, 2.75) is 13.3 Å². The minimum absolute atomic E-state index is 0.180. The highest BCUT2D eigenvalue weighted by Crippen LogP contribution is 2.34. The molecule has 4 nitrogen and oxygen atoms in total. The van der Waals surface area contributed by atoms with Gasteiger partial charge in [-0.05, 0) is 13.0 Å². The van der Waals surface area contributed by atoms with E-state index in [0.29, 0.717) is 23.7 Å². The molecular weight excluding hydrogens is 350 g/mol. The first kappa shape index (κ1) is 16.1. The molecule has 0 aliphatic carbocycles. The first-order valence-corrected chi connectivity index (χ1v) is 9.11. The second-order valence-electron chi connectivity index (χ2n) is 4.82. The molecule has 23 heavy (non-hydrogen) atoms. The Hall–Kier alpha value is -1.76. The molecule has 0 spiro atoms. The predicted octanol–water partition coefficient (Wildman–Crippen LogP) is 4.20. The number of halogens is 1. The average molecular weight is 364 g/mol. The van der Waals surface area contributed by atoms with E-state index in [9.17, 15) is 4.79 Å². The van der Waals surface area contributed by atoms with Gasteiger partial charge in [0.1, 0.15) is 5.69 Å². The third-order valence-electron chi connectivity index (χ3n) is 3.18. The first-order chi connectivity index (χ1) is 11.1. The van der Waals surface area contributed by atoms with E-state index in [-0.39, 0.29) is 5.91 Å². The number of hydrogen-bond donors (Lipinski definition) is 1. The SMILES string of the molecule is Cc1nc(C(=O)NCCc2nccs2)c(-c2ccccc2Cl)s1. The Labute approximate surface area is 147 Å². The maximum Gasteiger partial charge on any atom is 0.271 e. The number of amides is 1. The Bertz CT molecular complexity index is 815. The predicted molar refractivity (Wildman–Crippen MR) is 95.4 cm³/mol. The third kappa shape index (κ3) is 3.77. The van der Waals surface area contributed by atoms with Gasteiger partial charge in [0.05, 0.1) is 14.9 Å². The summed E-state index contributed by atoms with van der Waals surface area (Å²) in [6.45, 7) is 2.42. The highest BCUT2D eigenvalue weighted by molar-refractivity contribution is 7.15. The van der Waals surface area contributed by atoms with Crippen LogP contribution >= 0.6 is 34.3 Å². The van der Waals surface area contributed by atoms with Crippen LogP contribution in [0.5, 0.6) is 0 Å². The van der Waals surface area contributed by atoms with Gasteiger partial charge in [-0.15, -0.1) is 22.7 Å². The second-order valence-corrected chi connectivity index (χ2v) is 7.41. The summed E-state index contributed by atoms with van der Waals surface area (Å²) in [5, 5.41) is 7.30. The molecule has 0 unspecified atom stereocenters. The molecule has 7 heteroatoms. The molecule has 0 bridgehead atoms. The molecule has 0 saturated carbocycles. The van der Waals surface area contributed by atoms with E-state index in [1.54, 1.807) is 17.5 Å². The van der Waals surface area contributed by atoms with Crippen LogP contribution < -0.4 is 5.32 Å². The topological polar surface area (TPSA) is 54.9 Å².